The van der Waals surface area contributed by atoms with E-state index in [9.17, 15) is 5.11 Å². The minimum Gasteiger partial charge on any atom is -0.494 e. The van der Waals surface area contributed by atoms with E-state index in [2.05, 4.69) is 26.6 Å². The van der Waals surface area contributed by atoms with Gasteiger partial charge in [0.05, 0.1) is 21.3 Å². The monoisotopic (exact) mass is 436 g/mol. The molecule has 0 amide bonds. The van der Waals surface area contributed by atoms with E-state index in [4.69, 9.17) is 9.47 Å². The lowest BCUT2D eigenvalue weighted by atomic mass is 9.72. The zero-order chi connectivity index (χ0) is 21.9. The molecule has 0 aromatic heterocycles. The van der Waals surface area contributed by atoms with Gasteiger partial charge in [0.1, 0.15) is 11.6 Å². The molecular formula is C25H41FO3Si. The van der Waals surface area contributed by atoms with Gasteiger partial charge in [0.2, 0.25) is 0 Å². The SMILES string of the molecule is CCCC1CCC(C2CCC(O)(c3ccc(OCC)c([Si](C)(C)C)c3F)OC2)CC1. The van der Waals surface area contributed by atoms with Crippen LogP contribution in [-0.4, -0.2) is 26.4 Å². The highest BCUT2D eigenvalue weighted by Crippen LogP contribution is 2.43. The number of ether oxygens (including phenoxy) is 2. The Bertz CT molecular complexity index is 699. The first kappa shape index (κ1) is 23.7. The summed E-state index contributed by atoms with van der Waals surface area (Å²) in [6.45, 7) is 11.5. The van der Waals surface area contributed by atoms with Gasteiger partial charge in [-0.25, -0.2) is 4.39 Å². The molecule has 30 heavy (non-hydrogen) atoms. The molecule has 1 aliphatic carbocycles. The fourth-order valence-corrected chi connectivity index (χ4v) is 7.24. The van der Waals surface area contributed by atoms with E-state index in [0.29, 0.717) is 42.4 Å². The Morgan fingerprint density at radius 3 is 2.33 bits per heavy atom. The predicted octanol–water partition coefficient (Wildman–Crippen LogP) is 5.95. The van der Waals surface area contributed by atoms with Gasteiger partial charge in [-0.3, -0.25) is 0 Å². The van der Waals surface area contributed by atoms with Crippen LogP contribution in [0.1, 0.15) is 70.8 Å². The Kier molecular flexibility index (Phi) is 7.68. The first-order valence-electron chi connectivity index (χ1n) is 12.0. The summed E-state index contributed by atoms with van der Waals surface area (Å²) in [6, 6.07) is 3.48. The number of aliphatic hydroxyl groups is 1. The van der Waals surface area contributed by atoms with Gasteiger partial charge in [0.15, 0.2) is 5.79 Å². The Morgan fingerprint density at radius 2 is 1.80 bits per heavy atom. The van der Waals surface area contributed by atoms with Crippen LogP contribution in [0.5, 0.6) is 5.75 Å². The van der Waals surface area contributed by atoms with E-state index < -0.39 is 13.9 Å². The first-order chi connectivity index (χ1) is 14.2. The molecule has 170 valence electrons. The van der Waals surface area contributed by atoms with E-state index >= 15 is 4.39 Å². The third kappa shape index (κ3) is 5.11. The van der Waals surface area contributed by atoms with Crippen LogP contribution >= 0.6 is 0 Å². The highest BCUT2D eigenvalue weighted by Gasteiger charge is 2.42. The number of rotatable bonds is 7. The van der Waals surface area contributed by atoms with E-state index in [1.807, 2.05) is 13.0 Å². The van der Waals surface area contributed by atoms with Crippen LogP contribution < -0.4 is 9.92 Å². The van der Waals surface area contributed by atoms with Crippen molar-refractivity contribution in [1.29, 1.82) is 0 Å². The lowest BCUT2D eigenvalue weighted by Gasteiger charge is -2.41. The summed E-state index contributed by atoms with van der Waals surface area (Å²) in [5.74, 6) is 0.810. The first-order valence-corrected chi connectivity index (χ1v) is 15.5. The standard InChI is InChI=1S/C25H41FO3Si/c1-6-8-18-9-11-19(12-10-18)20-15-16-25(27,29-17-20)21-13-14-22(28-7-2)24(23(21)26)30(3,4)5/h13-14,18-20,27H,6-12,15-17H2,1-5H3. The highest BCUT2D eigenvalue weighted by atomic mass is 28.3. The zero-order valence-electron chi connectivity index (χ0n) is 19.6. The minimum atomic E-state index is -2.01. The van der Waals surface area contributed by atoms with Gasteiger partial charge in [-0.15, -0.1) is 0 Å². The van der Waals surface area contributed by atoms with E-state index in [1.54, 1.807) is 6.07 Å². The molecule has 2 fully saturated rings. The van der Waals surface area contributed by atoms with Crippen LogP contribution in [-0.2, 0) is 10.5 Å². The van der Waals surface area contributed by atoms with Crippen LogP contribution in [0, 0.1) is 23.6 Å². The molecule has 1 saturated carbocycles. The maximum Gasteiger partial charge on any atom is 0.195 e. The summed E-state index contributed by atoms with van der Waals surface area (Å²) in [4.78, 5) is 0. The summed E-state index contributed by atoms with van der Waals surface area (Å²) < 4.78 is 27.4. The molecule has 3 nitrogen and oxygen atoms in total. The van der Waals surface area contributed by atoms with Crippen LogP contribution in [0.25, 0.3) is 0 Å². The van der Waals surface area contributed by atoms with Crippen LogP contribution in [0.4, 0.5) is 4.39 Å². The van der Waals surface area contributed by atoms with E-state index in [1.165, 1.54) is 38.5 Å². The van der Waals surface area contributed by atoms with E-state index in [-0.39, 0.29) is 11.4 Å². The third-order valence-corrected chi connectivity index (χ3v) is 9.19. The van der Waals surface area contributed by atoms with Gasteiger partial charge in [-0.2, -0.15) is 0 Å². The molecule has 1 N–H and O–H groups in total. The molecule has 1 aromatic rings. The normalized spacial score (nSPS) is 30.3. The molecule has 1 saturated heterocycles. The molecule has 0 spiro atoms. The van der Waals surface area contributed by atoms with Crippen molar-refractivity contribution in [2.24, 2.45) is 17.8 Å². The lowest BCUT2D eigenvalue weighted by molar-refractivity contribution is -0.251. The summed E-state index contributed by atoms with van der Waals surface area (Å²) in [6.07, 6.45) is 9.19. The van der Waals surface area contributed by atoms with Crippen molar-refractivity contribution in [3.63, 3.8) is 0 Å². The summed E-state index contributed by atoms with van der Waals surface area (Å²) in [5, 5.41) is 11.9. The van der Waals surface area contributed by atoms with Gasteiger partial charge < -0.3 is 14.6 Å². The smallest absolute Gasteiger partial charge is 0.195 e. The Hall–Kier alpha value is -0.913. The largest absolute Gasteiger partial charge is 0.494 e. The van der Waals surface area contributed by atoms with Crippen molar-refractivity contribution >= 4 is 13.3 Å². The van der Waals surface area contributed by atoms with Crippen molar-refractivity contribution in [3.8, 4) is 5.75 Å². The zero-order valence-corrected chi connectivity index (χ0v) is 20.6. The fourth-order valence-electron chi connectivity index (χ4n) is 5.56. The van der Waals surface area contributed by atoms with Crippen molar-refractivity contribution < 1.29 is 19.0 Å². The second-order valence-corrected chi connectivity index (χ2v) is 15.4. The molecule has 0 radical (unpaired) electrons. The second kappa shape index (κ2) is 9.70. The second-order valence-electron chi connectivity index (χ2n) is 10.4. The summed E-state index contributed by atoms with van der Waals surface area (Å²) >= 11 is 0. The maximum absolute atomic E-state index is 15.7. The fraction of sp³-hybridized carbons (Fsp3) is 0.760. The molecule has 2 aliphatic rings. The molecule has 3 rings (SSSR count). The van der Waals surface area contributed by atoms with Gasteiger partial charge >= 0.3 is 0 Å². The van der Waals surface area contributed by atoms with Crippen LogP contribution in [0.2, 0.25) is 19.6 Å². The average Bonchev–Trinajstić information content (AvgIpc) is 2.69. The van der Waals surface area contributed by atoms with Crippen molar-refractivity contribution in [1.82, 2.24) is 0 Å². The summed E-state index contributed by atoms with van der Waals surface area (Å²) in [7, 11) is -2.01. The third-order valence-electron chi connectivity index (χ3n) is 7.22. The molecule has 1 aromatic carbocycles. The lowest BCUT2D eigenvalue weighted by Crippen LogP contribution is -2.45. The van der Waals surface area contributed by atoms with Crippen molar-refractivity contribution in [3.05, 3.63) is 23.5 Å². The molecule has 2 unspecified atom stereocenters. The number of hydrogen-bond donors (Lipinski definition) is 1. The molecule has 1 heterocycles. The molecule has 5 heteroatoms. The highest BCUT2D eigenvalue weighted by molar-refractivity contribution is 6.89. The maximum atomic E-state index is 15.7. The van der Waals surface area contributed by atoms with Gasteiger partial charge in [0, 0.05) is 17.2 Å². The topological polar surface area (TPSA) is 38.7 Å². The molecular weight excluding hydrogens is 395 g/mol. The number of halogens is 1. The van der Waals surface area contributed by atoms with Gasteiger partial charge in [0.25, 0.3) is 0 Å². The van der Waals surface area contributed by atoms with Crippen molar-refractivity contribution in [2.75, 3.05) is 13.2 Å². The van der Waals surface area contributed by atoms with E-state index in [0.717, 1.165) is 12.3 Å². The predicted molar refractivity (Wildman–Crippen MR) is 123 cm³/mol. The Balaban J connectivity index is 1.72. The van der Waals surface area contributed by atoms with Crippen molar-refractivity contribution in [2.45, 2.75) is 90.6 Å². The molecule has 1 aliphatic heterocycles. The molecule has 0 bridgehead atoms. The van der Waals surface area contributed by atoms with Crippen LogP contribution in [0.15, 0.2) is 12.1 Å². The van der Waals surface area contributed by atoms with Gasteiger partial charge in [-0.05, 0) is 56.1 Å². The minimum absolute atomic E-state index is 0.286. The number of hydrogen-bond acceptors (Lipinski definition) is 3. The average molecular weight is 437 g/mol. The quantitative estimate of drug-likeness (QED) is 0.537. The Labute approximate surface area is 183 Å². The Morgan fingerprint density at radius 1 is 1.10 bits per heavy atom. The number of benzene rings is 1. The van der Waals surface area contributed by atoms with Crippen LogP contribution in [0.3, 0.4) is 0 Å². The summed E-state index contributed by atoms with van der Waals surface area (Å²) in [5.41, 5.74) is 0.286. The van der Waals surface area contributed by atoms with Gasteiger partial charge in [-0.1, -0.05) is 52.2 Å². The molecule has 2 atom stereocenters.